The molecule has 4 rings (SSSR count). The molecule has 4 saturated carbocycles. The zero-order chi connectivity index (χ0) is 19.2. The third-order valence-corrected chi connectivity index (χ3v) is 5.75. The van der Waals surface area contributed by atoms with E-state index in [9.17, 15) is 28.3 Å². The Labute approximate surface area is 150 Å². The Morgan fingerprint density at radius 3 is 2.27 bits per heavy atom. The second-order valence-electron chi connectivity index (χ2n) is 8.53. The highest BCUT2D eigenvalue weighted by molar-refractivity contribution is 5.97. The van der Waals surface area contributed by atoms with Crippen molar-refractivity contribution < 1.29 is 37.7 Å². The molecule has 26 heavy (non-hydrogen) atoms. The number of alkyl halides is 2. The van der Waals surface area contributed by atoms with E-state index in [1.54, 1.807) is 0 Å². The molecular weight excluding hydrogens is 350 g/mol. The summed E-state index contributed by atoms with van der Waals surface area (Å²) in [6, 6.07) is 0. The first-order valence-corrected chi connectivity index (χ1v) is 8.93. The number of aliphatic hydroxyl groups is 1. The second-order valence-corrected chi connectivity index (χ2v) is 8.53. The van der Waals surface area contributed by atoms with Gasteiger partial charge in [-0.2, -0.15) is 8.78 Å². The van der Waals surface area contributed by atoms with Gasteiger partial charge in [-0.3, -0.25) is 9.59 Å². The molecule has 0 radical (unpaired) electrons. The van der Waals surface area contributed by atoms with Crippen LogP contribution < -0.4 is 0 Å². The van der Waals surface area contributed by atoms with Gasteiger partial charge in [0.15, 0.2) is 12.4 Å². The van der Waals surface area contributed by atoms with E-state index in [1.807, 2.05) is 0 Å². The van der Waals surface area contributed by atoms with Crippen LogP contribution in [0.25, 0.3) is 0 Å². The maximum absolute atomic E-state index is 12.6. The minimum Gasteiger partial charge on any atom is -0.465 e. The number of ether oxygens (including phenoxy) is 2. The van der Waals surface area contributed by atoms with Gasteiger partial charge in [0.25, 0.3) is 0 Å². The summed E-state index contributed by atoms with van der Waals surface area (Å²) in [6.07, 6.45) is 4.54. The molecule has 1 N–H and O–H groups in total. The Balaban J connectivity index is 1.44. The number of esters is 2. The molecule has 0 saturated heterocycles. The van der Waals surface area contributed by atoms with Crippen LogP contribution in [0.4, 0.5) is 8.78 Å². The lowest BCUT2D eigenvalue weighted by molar-refractivity contribution is -0.187. The van der Waals surface area contributed by atoms with E-state index in [0.29, 0.717) is 25.2 Å². The van der Waals surface area contributed by atoms with E-state index >= 15 is 0 Å². The maximum Gasteiger partial charge on any atom is 0.377 e. The molecule has 4 bridgehead atoms. The van der Waals surface area contributed by atoms with Crippen molar-refractivity contribution in [1.29, 1.82) is 0 Å². The molecule has 0 spiro atoms. The summed E-state index contributed by atoms with van der Waals surface area (Å²) in [4.78, 5) is 34.4. The number of hydrogen-bond donors (Lipinski definition) is 1. The molecule has 6 nitrogen and oxygen atoms in total. The second kappa shape index (κ2) is 6.55. The van der Waals surface area contributed by atoms with Gasteiger partial charge in [0.1, 0.15) is 6.42 Å². The molecule has 0 amide bonds. The van der Waals surface area contributed by atoms with Crippen molar-refractivity contribution in [2.24, 2.45) is 17.3 Å². The number of carbonyl (C=O) groups excluding carboxylic acids is 3. The number of rotatable bonds is 7. The average molecular weight is 374 g/mol. The molecular formula is C18H24F2O6. The highest BCUT2D eigenvalue weighted by atomic mass is 19.3. The van der Waals surface area contributed by atoms with E-state index in [2.05, 4.69) is 4.74 Å². The molecule has 0 aromatic carbocycles. The topological polar surface area (TPSA) is 89.9 Å². The van der Waals surface area contributed by atoms with E-state index in [0.717, 1.165) is 32.1 Å². The Bertz CT molecular complexity index is 597. The first kappa shape index (κ1) is 19.2. The summed E-state index contributed by atoms with van der Waals surface area (Å²) >= 11 is 0. The maximum atomic E-state index is 12.6. The van der Waals surface area contributed by atoms with E-state index in [-0.39, 0.29) is 12.0 Å². The number of carbonyl (C=O) groups is 3. The minimum absolute atomic E-state index is 0.154. The molecule has 0 heterocycles. The lowest BCUT2D eigenvalue weighted by Crippen LogP contribution is -2.57. The van der Waals surface area contributed by atoms with Gasteiger partial charge in [-0.15, -0.1) is 0 Å². The Morgan fingerprint density at radius 1 is 1.12 bits per heavy atom. The highest BCUT2D eigenvalue weighted by Gasteiger charge is 2.57. The fourth-order valence-electron chi connectivity index (χ4n) is 5.34. The molecule has 8 heteroatoms. The number of ketones is 1. The lowest BCUT2D eigenvalue weighted by Gasteiger charge is -2.59. The Hall–Kier alpha value is -1.57. The summed E-state index contributed by atoms with van der Waals surface area (Å²) in [5.41, 5.74) is -0.889. The Morgan fingerprint density at radius 2 is 1.73 bits per heavy atom. The van der Waals surface area contributed by atoms with Crippen molar-refractivity contribution in [1.82, 2.24) is 0 Å². The van der Waals surface area contributed by atoms with Crippen molar-refractivity contribution in [3.63, 3.8) is 0 Å². The SMILES string of the molecule is CC(F)(F)C(=O)OCC(=O)CC(=O)OCC12CC3CC(CC(O)(C3)C1)C2. The molecule has 4 aliphatic carbocycles. The minimum atomic E-state index is -3.68. The first-order chi connectivity index (χ1) is 12.0. The summed E-state index contributed by atoms with van der Waals surface area (Å²) in [5, 5.41) is 10.7. The molecule has 4 fully saturated rings. The number of Topliss-reactive ketones (excluding diaryl/α,β-unsaturated/α-hetero) is 1. The van der Waals surface area contributed by atoms with E-state index in [4.69, 9.17) is 4.74 Å². The normalized spacial score (nSPS) is 35.2. The summed E-state index contributed by atoms with van der Waals surface area (Å²) < 4.78 is 34.7. The summed E-state index contributed by atoms with van der Waals surface area (Å²) in [5.74, 6) is -6.14. The summed E-state index contributed by atoms with van der Waals surface area (Å²) in [6.45, 7) is -0.360. The molecule has 2 unspecified atom stereocenters. The molecule has 2 atom stereocenters. The monoisotopic (exact) mass is 374 g/mol. The van der Waals surface area contributed by atoms with Crippen molar-refractivity contribution >= 4 is 17.7 Å². The van der Waals surface area contributed by atoms with Gasteiger partial charge in [0, 0.05) is 12.3 Å². The fraction of sp³-hybridized carbons (Fsp3) is 0.833. The van der Waals surface area contributed by atoms with Gasteiger partial charge in [0.2, 0.25) is 0 Å². The van der Waals surface area contributed by atoms with Gasteiger partial charge >= 0.3 is 17.9 Å². The van der Waals surface area contributed by atoms with Crippen molar-refractivity contribution in [2.45, 2.75) is 63.4 Å². The zero-order valence-corrected chi connectivity index (χ0v) is 14.8. The average Bonchev–Trinajstić information content (AvgIpc) is 2.47. The van der Waals surface area contributed by atoms with E-state index in [1.165, 1.54) is 0 Å². The van der Waals surface area contributed by atoms with Crippen LogP contribution in [-0.2, 0) is 23.9 Å². The van der Waals surface area contributed by atoms with Crippen LogP contribution in [0, 0.1) is 17.3 Å². The lowest BCUT2D eigenvalue weighted by atomic mass is 9.48. The van der Waals surface area contributed by atoms with Crippen molar-refractivity contribution in [3.8, 4) is 0 Å². The number of halogens is 2. The van der Waals surface area contributed by atoms with Crippen molar-refractivity contribution in [2.75, 3.05) is 13.2 Å². The van der Waals surface area contributed by atoms with E-state index < -0.39 is 42.3 Å². The van der Waals surface area contributed by atoms with Gasteiger partial charge in [-0.1, -0.05) is 0 Å². The van der Waals surface area contributed by atoms with Gasteiger partial charge in [0.05, 0.1) is 12.2 Å². The zero-order valence-electron chi connectivity index (χ0n) is 14.8. The van der Waals surface area contributed by atoms with Gasteiger partial charge in [-0.25, -0.2) is 4.79 Å². The van der Waals surface area contributed by atoms with Crippen LogP contribution in [0.2, 0.25) is 0 Å². The smallest absolute Gasteiger partial charge is 0.377 e. The fourth-order valence-corrected chi connectivity index (χ4v) is 5.34. The highest BCUT2D eigenvalue weighted by Crippen LogP contribution is 2.61. The van der Waals surface area contributed by atoms with Crippen LogP contribution in [0.3, 0.4) is 0 Å². The third kappa shape index (κ3) is 4.22. The third-order valence-electron chi connectivity index (χ3n) is 5.75. The molecule has 0 aliphatic heterocycles. The standard InChI is InChI=1S/C18H24F2O6/c1-16(19,20)15(23)25-8-13(21)3-14(22)26-10-17-4-11-2-12(5-17)7-18(24,6-11)9-17/h11-12,24H,2-10H2,1H3. The molecule has 0 aromatic heterocycles. The van der Waals surface area contributed by atoms with Crippen LogP contribution >= 0.6 is 0 Å². The quantitative estimate of drug-likeness (QED) is 0.542. The van der Waals surface area contributed by atoms with Gasteiger partial charge < -0.3 is 14.6 Å². The molecule has 4 aliphatic rings. The summed E-state index contributed by atoms with van der Waals surface area (Å²) in [7, 11) is 0. The van der Waals surface area contributed by atoms with Crippen LogP contribution in [0.1, 0.15) is 51.9 Å². The molecule has 146 valence electrons. The van der Waals surface area contributed by atoms with Crippen LogP contribution in [0.15, 0.2) is 0 Å². The predicted molar refractivity (Wildman–Crippen MR) is 84.2 cm³/mol. The first-order valence-electron chi connectivity index (χ1n) is 8.93. The number of hydrogen-bond acceptors (Lipinski definition) is 6. The van der Waals surface area contributed by atoms with Gasteiger partial charge in [-0.05, 0) is 50.4 Å². The molecule has 0 aromatic rings. The largest absolute Gasteiger partial charge is 0.465 e. The van der Waals surface area contributed by atoms with Crippen molar-refractivity contribution in [3.05, 3.63) is 0 Å². The Kier molecular flexibility index (Phi) is 4.83. The van der Waals surface area contributed by atoms with Crippen LogP contribution in [-0.4, -0.2) is 47.6 Å². The predicted octanol–water partition coefficient (Wildman–Crippen LogP) is 2.02. The van der Waals surface area contributed by atoms with Crippen LogP contribution in [0.5, 0.6) is 0 Å².